The zero-order chi connectivity index (χ0) is 27.7. The van der Waals surface area contributed by atoms with Crippen molar-refractivity contribution in [2.24, 2.45) is 0 Å². The number of halogens is 2. The molecule has 0 N–H and O–H groups in total. The Morgan fingerprint density at radius 2 is 0.951 bits per heavy atom. The molecule has 0 amide bonds. The van der Waals surface area contributed by atoms with Crippen molar-refractivity contribution in [1.82, 2.24) is 0 Å². The van der Waals surface area contributed by atoms with Crippen molar-refractivity contribution in [1.29, 1.82) is 0 Å². The van der Waals surface area contributed by atoms with Crippen LogP contribution in [0.2, 0.25) is 0 Å². The van der Waals surface area contributed by atoms with Gasteiger partial charge < -0.3 is 24.8 Å². The molecule has 0 saturated carbocycles. The minimum atomic E-state index is -1.09. The maximum absolute atomic E-state index is 2.63. The van der Waals surface area contributed by atoms with Gasteiger partial charge in [-0.25, -0.2) is 0 Å². The molecule has 2 aliphatic carbocycles. The largest absolute Gasteiger partial charge is 1.00 e. The van der Waals surface area contributed by atoms with E-state index in [-0.39, 0.29) is 35.6 Å². The Kier molecular flexibility index (Phi) is 9.61. The van der Waals surface area contributed by atoms with Gasteiger partial charge in [-0.2, -0.15) is 0 Å². The fourth-order valence-corrected chi connectivity index (χ4v) is 13.0. The van der Waals surface area contributed by atoms with Crippen LogP contribution >= 0.6 is 22.7 Å². The molecule has 212 valence electrons. The number of rotatable bonds is 4. The van der Waals surface area contributed by atoms with Gasteiger partial charge in [0.15, 0.2) is 0 Å². The van der Waals surface area contributed by atoms with Crippen molar-refractivity contribution in [2.75, 3.05) is 0 Å². The van der Waals surface area contributed by atoms with E-state index in [0.29, 0.717) is 11.8 Å². The van der Waals surface area contributed by atoms with Crippen molar-refractivity contribution in [3.05, 3.63) is 120 Å². The zero-order valence-corrected chi connectivity index (χ0v) is 30.8. The number of aryl methyl sites for hydroxylation is 2. The van der Waals surface area contributed by atoms with Gasteiger partial charge in [0, 0.05) is 0 Å². The fourth-order valence-electron chi connectivity index (χ4n) is 6.33. The van der Waals surface area contributed by atoms with Crippen LogP contribution in [-0.4, -0.2) is 0 Å². The van der Waals surface area contributed by atoms with E-state index in [9.17, 15) is 0 Å². The third kappa shape index (κ3) is 6.10. The van der Waals surface area contributed by atoms with E-state index in [2.05, 4.69) is 128 Å². The predicted molar refractivity (Wildman–Crippen MR) is 168 cm³/mol. The molecule has 2 aromatic heterocycles. The Labute approximate surface area is 278 Å². The molecule has 6 rings (SSSR count). The molecule has 0 bridgehead atoms. The quantitative estimate of drug-likeness (QED) is 0.288. The van der Waals surface area contributed by atoms with E-state index in [1.165, 1.54) is 52.9 Å². The molecule has 0 fully saturated rings. The Bertz CT molecular complexity index is 1520. The average molecular weight is 697 g/mol. The van der Waals surface area contributed by atoms with Crippen molar-refractivity contribution in [3.63, 3.8) is 0 Å². The molecule has 5 heteroatoms. The van der Waals surface area contributed by atoms with Crippen LogP contribution in [0.5, 0.6) is 0 Å². The fraction of sp³-hybridized carbons (Fsp3) is 0.333. The van der Waals surface area contributed by atoms with Crippen LogP contribution < -0.4 is 24.8 Å². The van der Waals surface area contributed by atoms with Crippen molar-refractivity contribution < 1.29 is 48.0 Å². The van der Waals surface area contributed by atoms with Gasteiger partial charge in [0.05, 0.1) is 0 Å². The molecule has 2 aromatic carbocycles. The van der Waals surface area contributed by atoms with Crippen molar-refractivity contribution >= 4 is 34.8 Å². The molecule has 41 heavy (non-hydrogen) atoms. The Balaban J connectivity index is 0.00000194. The smallest absolute Gasteiger partial charge is 1.00 e. The Hall–Kier alpha value is -1.22. The zero-order valence-electron chi connectivity index (χ0n) is 25.2. The van der Waals surface area contributed by atoms with E-state index in [0.717, 1.165) is 0 Å². The van der Waals surface area contributed by atoms with Crippen LogP contribution in [0.25, 0.3) is 12.2 Å². The topological polar surface area (TPSA) is 0 Å². The number of allylic oxidation sites excluding steroid dienone is 2. The standard InChI is InChI=1S/2C18H19S.2ClH.Zr/c2*1-12-8-11-17(19-12)15-10-9-14-13(15)6-5-7-16(14)18(2,3)4;;;/h2*5-9,11,15H,1-4H3;2*1H;/q;;;;+2/p-2. The van der Waals surface area contributed by atoms with Gasteiger partial charge in [0.25, 0.3) is 0 Å². The molecular weight excluding hydrogens is 659 g/mol. The van der Waals surface area contributed by atoms with Crippen LogP contribution in [-0.2, 0) is 34.1 Å². The first-order valence-corrected chi connectivity index (χ1v) is 18.1. The summed E-state index contributed by atoms with van der Waals surface area (Å²) in [6.45, 7) is 18.7. The summed E-state index contributed by atoms with van der Waals surface area (Å²) < 4.78 is 3.42. The molecule has 2 aliphatic rings. The summed E-state index contributed by atoms with van der Waals surface area (Å²) >= 11 is 2.88. The van der Waals surface area contributed by atoms with E-state index < -0.39 is 23.2 Å². The molecule has 2 heterocycles. The molecule has 2 atom stereocenters. The second kappa shape index (κ2) is 12.1. The monoisotopic (exact) mass is 694 g/mol. The Morgan fingerprint density at radius 3 is 1.27 bits per heavy atom. The maximum Gasteiger partial charge on any atom is -1.00 e. The summed E-state index contributed by atoms with van der Waals surface area (Å²) in [6.07, 6.45) is 5.26. The number of benzene rings is 2. The van der Waals surface area contributed by atoms with Crippen LogP contribution in [0.1, 0.15) is 106 Å². The molecule has 0 nitrogen and oxygen atoms in total. The third-order valence-electron chi connectivity index (χ3n) is 8.12. The number of hydrogen-bond acceptors (Lipinski definition) is 2. The van der Waals surface area contributed by atoms with Crippen molar-refractivity contribution in [2.45, 2.75) is 78.1 Å². The van der Waals surface area contributed by atoms with Crippen LogP contribution in [0.3, 0.4) is 0 Å². The van der Waals surface area contributed by atoms with Gasteiger partial charge in [-0.1, -0.05) is 0 Å². The average Bonchev–Trinajstić information content (AvgIpc) is 3.62. The summed E-state index contributed by atoms with van der Waals surface area (Å²) in [7, 11) is 0. The summed E-state index contributed by atoms with van der Waals surface area (Å²) in [5, 5.41) is 0. The van der Waals surface area contributed by atoms with E-state index >= 15 is 0 Å². The normalized spacial score (nSPS) is 17.6. The minimum absolute atomic E-state index is 0. The van der Waals surface area contributed by atoms with Gasteiger partial charge >= 0.3 is 256 Å². The molecule has 0 radical (unpaired) electrons. The molecule has 0 spiro atoms. The van der Waals surface area contributed by atoms with E-state index in [1.807, 2.05) is 22.7 Å². The second-order valence-corrected chi connectivity index (χ2v) is 19.3. The summed E-state index contributed by atoms with van der Waals surface area (Å²) in [6, 6.07) is 23.5. The number of hydrogen-bond donors (Lipinski definition) is 0. The molecule has 0 aliphatic heterocycles. The maximum atomic E-state index is 2.63. The summed E-state index contributed by atoms with van der Waals surface area (Å²) in [4.78, 5) is 5.84. The van der Waals surface area contributed by atoms with Gasteiger partial charge in [-0.15, -0.1) is 0 Å². The van der Waals surface area contributed by atoms with Gasteiger partial charge in [0.2, 0.25) is 0 Å². The van der Waals surface area contributed by atoms with Crippen LogP contribution in [0.15, 0.2) is 67.2 Å². The third-order valence-corrected chi connectivity index (χ3v) is 13.8. The van der Waals surface area contributed by atoms with E-state index in [1.54, 1.807) is 6.56 Å². The molecule has 0 saturated heterocycles. The molecule has 2 unspecified atom stereocenters. The minimum Gasteiger partial charge on any atom is -1.00 e. The Morgan fingerprint density at radius 1 is 0.561 bits per heavy atom. The molecular formula is C36H38Cl2S2Zr. The molecule has 4 aromatic rings. The first-order chi connectivity index (χ1) is 18.4. The number of fused-ring (bicyclic) bond motifs is 2. The predicted octanol–water partition coefficient (Wildman–Crippen LogP) is 4.78. The number of thiophene rings is 2. The first-order valence-electron chi connectivity index (χ1n) is 14.0. The summed E-state index contributed by atoms with van der Waals surface area (Å²) in [5.41, 5.74) is 9.25. The second-order valence-electron chi connectivity index (χ2n) is 13.2. The van der Waals surface area contributed by atoms with Gasteiger partial charge in [-0.05, 0) is 0 Å². The van der Waals surface area contributed by atoms with E-state index in [4.69, 9.17) is 0 Å². The van der Waals surface area contributed by atoms with Crippen LogP contribution in [0.4, 0.5) is 0 Å². The first kappa shape index (κ1) is 32.7. The van der Waals surface area contributed by atoms with Gasteiger partial charge in [0.1, 0.15) is 0 Å². The van der Waals surface area contributed by atoms with Gasteiger partial charge in [-0.3, -0.25) is 0 Å². The SMILES string of the molecule is Cc1ccc(C2[C]([Zr+2][C]3=Cc4c(cccc4C(C)(C)C)C3c3ccc(C)s3)=Cc3c2cccc3C(C)(C)C)s1.[Cl-].[Cl-]. The summed E-state index contributed by atoms with van der Waals surface area (Å²) in [5.74, 6) is 0.815. The van der Waals surface area contributed by atoms with Crippen molar-refractivity contribution in [3.8, 4) is 0 Å². The van der Waals surface area contributed by atoms with Crippen LogP contribution in [0, 0.1) is 13.8 Å².